The van der Waals surface area contributed by atoms with Crippen molar-refractivity contribution in [3.8, 4) is 5.75 Å². The summed E-state index contributed by atoms with van der Waals surface area (Å²) in [7, 11) is 0. The zero-order valence-electron chi connectivity index (χ0n) is 13.0. The molecule has 4 heterocycles. The van der Waals surface area contributed by atoms with Gasteiger partial charge in [0.05, 0.1) is 23.9 Å². The van der Waals surface area contributed by atoms with E-state index in [0.717, 1.165) is 48.9 Å². The second-order valence-electron chi connectivity index (χ2n) is 6.59. The third-order valence-electron chi connectivity index (χ3n) is 4.83. The average molecular weight is 289 g/mol. The van der Waals surface area contributed by atoms with Crippen molar-refractivity contribution in [3.63, 3.8) is 0 Å². The SMILES string of the molecule is CCc1nc(C(C)C)nc2c1OCC1C3CCC(CN21)O3. The predicted molar refractivity (Wildman–Crippen MR) is 80.0 cm³/mol. The monoisotopic (exact) mass is 289 g/mol. The topological polar surface area (TPSA) is 47.5 Å². The maximum Gasteiger partial charge on any atom is 0.183 e. The van der Waals surface area contributed by atoms with Gasteiger partial charge in [0.2, 0.25) is 0 Å². The Morgan fingerprint density at radius 2 is 2.14 bits per heavy atom. The molecule has 0 amide bonds. The van der Waals surface area contributed by atoms with Crippen LogP contribution < -0.4 is 9.64 Å². The molecule has 114 valence electrons. The molecule has 0 aromatic carbocycles. The summed E-state index contributed by atoms with van der Waals surface area (Å²) in [5.74, 6) is 3.16. The van der Waals surface area contributed by atoms with E-state index in [2.05, 4.69) is 25.7 Å². The first-order valence-corrected chi connectivity index (χ1v) is 8.13. The summed E-state index contributed by atoms with van der Waals surface area (Å²) >= 11 is 0. The molecule has 0 aliphatic carbocycles. The zero-order chi connectivity index (χ0) is 14.6. The smallest absolute Gasteiger partial charge is 0.183 e. The summed E-state index contributed by atoms with van der Waals surface area (Å²) < 4.78 is 12.1. The van der Waals surface area contributed by atoms with E-state index in [1.54, 1.807) is 0 Å². The number of ether oxygens (including phenoxy) is 2. The standard InChI is InChI=1S/C16H23N3O2/c1-4-11-14-16(18-15(17-11)9(2)3)19-7-10-5-6-13(21-10)12(19)8-20-14/h9-10,12-13H,4-8H2,1-3H3. The highest BCUT2D eigenvalue weighted by molar-refractivity contribution is 5.58. The van der Waals surface area contributed by atoms with Crippen molar-refractivity contribution in [1.29, 1.82) is 0 Å². The highest BCUT2D eigenvalue weighted by atomic mass is 16.5. The van der Waals surface area contributed by atoms with Crippen LogP contribution in [0.3, 0.4) is 0 Å². The lowest BCUT2D eigenvalue weighted by molar-refractivity contribution is -0.0107. The quantitative estimate of drug-likeness (QED) is 0.836. The van der Waals surface area contributed by atoms with Crippen LogP contribution in [-0.4, -0.2) is 41.4 Å². The number of rotatable bonds is 2. The van der Waals surface area contributed by atoms with Gasteiger partial charge >= 0.3 is 0 Å². The number of morpholine rings is 1. The minimum Gasteiger partial charge on any atom is -0.486 e. The summed E-state index contributed by atoms with van der Waals surface area (Å²) in [4.78, 5) is 12.0. The van der Waals surface area contributed by atoms with Crippen LogP contribution in [0.2, 0.25) is 0 Å². The zero-order valence-corrected chi connectivity index (χ0v) is 13.0. The Hall–Kier alpha value is -1.36. The van der Waals surface area contributed by atoms with E-state index in [9.17, 15) is 0 Å². The summed E-state index contributed by atoms with van der Waals surface area (Å²) in [6.45, 7) is 8.05. The Balaban J connectivity index is 1.80. The van der Waals surface area contributed by atoms with Crippen LogP contribution in [0.4, 0.5) is 5.82 Å². The van der Waals surface area contributed by atoms with Crippen LogP contribution in [-0.2, 0) is 11.2 Å². The summed E-state index contributed by atoms with van der Waals surface area (Å²) in [6, 6.07) is 0.316. The van der Waals surface area contributed by atoms with E-state index in [0.29, 0.717) is 30.8 Å². The number of hydrogen-bond acceptors (Lipinski definition) is 5. The lowest BCUT2D eigenvalue weighted by Crippen LogP contribution is -2.56. The lowest BCUT2D eigenvalue weighted by atomic mass is 10.1. The summed E-state index contributed by atoms with van der Waals surface area (Å²) in [6.07, 6.45) is 3.86. The van der Waals surface area contributed by atoms with Crippen LogP contribution >= 0.6 is 0 Å². The maximum atomic E-state index is 6.05. The maximum absolute atomic E-state index is 6.05. The fourth-order valence-electron chi connectivity index (χ4n) is 3.66. The van der Waals surface area contributed by atoms with Gasteiger partial charge in [-0.1, -0.05) is 20.8 Å². The Bertz CT molecular complexity index is 561. The third-order valence-corrected chi connectivity index (χ3v) is 4.83. The minimum absolute atomic E-state index is 0.305. The van der Waals surface area contributed by atoms with E-state index in [4.69, 9.17) is 19.4 Å². The number of aromatic nitrogens is 2. The molecular formula is C16H23N3O2. The Labute approximate surface area is 125 Å². The summed E-state index contributed by atoms with van der Waals surface area (Å²) in [5, 5.41) is 0. The first-order chi connectivity index (χ1) is 10.2. The van der Waals surface area contributed by atoms with Crippen LogP contribution in [0.15, 0.2) is 0 Å². The molecule has 3 aliphatic heterocycles. The second kappa shape index (κ2) is 4.83. The Kier molecular flexibility index (Phi) is 3.06. The number of nitrogens with zero attached hydrogens (tertiary/aromatic N) is 3. The second-order valence-corrected chi connectivity index (χ2v) is 6.59. The largest absolute Gasteiger partial charge is 0.486 e. The number of anilines is 1. The molecule has 2 saturated heterocycles. The predicted octanol–water partition coefficient (Wildman–Crippen LogP) is 2.29. The van der Waals surface area contributed by atoms with E-state index in [1.807, 2.05) is 0 Å². The molecule has 2 bridgehead atoms. The number of fused-ring (bicyclic) bond motifs is 6. The van der Waals surface area contributed by atoms with Gasteiger partial charge in [-0.3, -0.25) is 0 Å². The summed E-state index contributed by atoms with van der Waals surface area (Å²) in [5.41, 5.74) is 1.04. The lowest BCUT2D eigenvalue weighted by Gasteiger charge is -2.44. The Morgan fingerprint density at radius 3 is 2.90 bits per heavy atom. The van der Waals surface area contributed by atoms with Crippen LogP contribution in [0.5, 0.6) is 5.75 Å². The van der Waals surface area contributed by atoms with E-state index in [1.165, 1.54) is 0 Å². The fraction of sp³-hybridized carbons (Fsp3) is 0.750. The number of hydrogen-bond donors (Lipinski definition) is 0. The first kappa shape index (κ1) is 13.3. The molecule has 21 heavy (non-hydrogen) atoms. The van der Waals surface area contributed by atoms with Crippen molar-refractivity contribution >= 4 is 5.82 Å². The molecule has 0 spiro atoms. The molecular weight excluding hydrogens is 266 g/mol. The van der Waals surface area contributed by atoms with Crippen molar-refractivity contribution < 1.29 is 9.47 Å². The molecule has 4 rings (SSSR count). The van der Waals surface area contributed by atoms with Gasteiger partial charge in [0, 0.05) is 12.5 Å². The van der Waals surface area contributed by atoms with Gasteiger partial charge < -0.3 is 14.4 Å². The van der Waals surface area contributed by atoms with Crippen LogP contribution in [0, 0.1) is 0 Å². The molecule has 3 unspecified atom stereocenters. The van der Waals surface area contributed by atoms with Gasteiger partial charge in [-0.15, -0.1) is 0 Å². The molecule has 5 nitrogen and oxygen atoms in total. The van der Waals surface area contributed by atoms with Crippen LogP contribution in [0.1, 0.15) is 51.0 Å². The van der Waals surface area contributed by atoms with Gasteiger partial charge in [-0.2, -0.15) is 0 Å². The molecule has 3 aliphatic rings. The Morgan fingerprint density at radius 1 is 1.29 bits per heavy atom. The molecule has 0 saturated carbocycles. The molecule has 5 heteroatoms. The van der Waals surface area contributed by atoms with Gasteiger partial charge in [0.1, 0.15) is 12.4 Å². The highest BCUT2D eigenvalue weighted by Crippen LogP contribution is 2.42. The van der Waals surface area contributed by atoms with E-state index < -0.39 is 0 Å². The molecule has 1 aromatic rings. The fourth-order valence-corrected chi connectivity index (χ4v) is 3.66. The van der Waals surface area contributed by atoms with E-state index >= 15 is 0 Å². The van der Waals surface area contributed by atoms with Crippen molar-refractivity contribution in [1.82, 2.24) is 9.97 Å². The highest BCUT2D eigenvalue weighted by Gasteiger charge is 2.45. The van der Waals surface area contributed by atoms with Crippen LogP contribution in [0.25, 0.3) is 0 Å². The molecule has 3 atom stereocenters. The van der Waals surface area contributed by atoms with Gasteiger partial charge in [0.15, 0.2) is 11.6 Å². The minimum atomic E-state index is 0.305. The molecule has 1 aromatic heterocycles. The number of aryl methyl sites for hydroxylation is 1. The molecule has 0 N–H and O–H groups in total. The first-order valence-electron chi connectivity index (χ1n) is 8.13. The molecule has 0 radical (unpaired) electrons. The van der Waals surface area contributed by atoms with Crippen molar-refractivity contribution in [3.05, 3.63) is 11.5 Å². The van der Waals surface area contributed by atoms with Crippen molar-refractivity contribution in [2.45, 2.75) is 64.2 Å². The van der Waals surface area contributed by atoms with Gasteiger partial charge in [-0.05, 0) is 19.3 Å². The van der Waals surface area contributed by atoms with E-state index in [-0.39, 0.29) is 0 Å². The van der Waals surface area contributed by atoms with Crippen molar-refractivity contribution in [2.24, 2.45) is 0 Å². The van der Waals surface area contributed by atoms with Gasteiger partial charge in [-0.25, -0.2) is 9.97 Å². The van der Waals surface area contributed by atoms with Crippen molar-refractivity contribution in [2.75, 3.05) is 18.1 Å². The van der Waals surface area contributed by atoms with Gasteiger partial charge in [0.25, 0.3) is 0 Å². The average Bonchev–Trinajstić information content (AvgIpc) is 2.88. The third kappa shape index (κ3) is 2.01. The normalized spacial score (nSPS) is 30.1. The molecule has 2 fully saturated rings.